The number of nitrogens with zero attached hydrogens (tertiary/aromatic N) is 4. The summed E-state index contributed by atoms with van der Waals surface area (Å²) in [6, 6.07) is 15.6. The average Bonchev–Trinajstić information content (AvgIpc) is 2.89. The Kier molecular flexibility index (Phi) is 6.96. The first-order valence-corrected chi connectivity index (χ1v) is 13.2. The molecule has 0 bridgehead atoms. The number of hydrogen-bond donors (Lipinski definition) is 0. The number of anilines is 1. The molecule has 0 saturated carbocycles. The van der Waals surface area contributed by atoms with Crippen molar-refractivity contribution < 1.29 is 0 Å². The molecule has 4 nitrogen and oxygen atoms in total. The molecule has 4 heteroatoms. The Labute approximate surface area is 205 Å². The predicted octanol–water partition coefficient (Wildman–Crippen LogP) is 6.13. The fraction of sp³-hybridized carbons (Fsp3) is 0.467. The SMILES string of the molecule is CCc1cccc(CC)c1-c1nc(C)c(CN2CCc3ccccc3C2)c(N2CCCCC2)n1. The van der Waals surface area contributed by atoms with Gasteiger partial charge in [0.1, 0.15) is 5.82 Å². The van der Waals surface area contributed by atoms with Crippen molar-refractivity contribution in [2.75, 3.05) is 24.5 Å². The zero-order valence-electron chi connectivity index (χ0n) is 21.1. The molecule has 2 aliphatic heterocycles. The first-order chi connectivity index (χ1) is 16.7. The standard InChI is InChI=1S/C30H38N4/c1-4-23-14-11-15-24(5-2)28(23)29-31-22(3)27(30(32-29)34-17-9-6-10-18-34)21-33-19-16-25-12-7-8-13-26(25)20-33/h7-8,11-15H,4-6,9-10,16-21H2,1-3H3. The van der Waals surface area contributed by atoms with Gasteiger partial charge in [0, 0.05) is 49.5 Å². The molecule has 2 aliphatic rings. The summed E-state index contributed by atoms with van der Waals surface area (Å²) in [7, 11) is 0. The number of aryl methyl sites for hydroxylation is 3. The molecule has 0 unspecified atom stereocenters. The summed E-state index contributed by atoms with van der Waals surface area (Å²) < 4.78 is 0. The molecule has 1 fully saturated rings. The Morgan fingerprint density at radius 1 is 0.794 bits per heavy atom. The van der Waals surface area contributed by atoms with Crippen LogP contribution < -0.4 is 4.90 Å². The lowest BCUT2D eigenvalue weighted by Crippen LogP contribution is -2.34. The first-order valence-electron chi connectivity index (χ1n) is 13.2. The topological polar surface area (TPSA) is 32.3 Å². The fourth-order valence-electron chi connectivity index (χ4n) is 5.69. The van der Waals surface area contributed by atoms with Gasteiger partial charge < -0.3 is 4.90 Å². The molecule has 34 heavy (non-hydrogen) atoms. The molecule has 3 aromatic rings. The van der Waals surface area contributed by atoms with Crippen LogP contribution in [0.25, 0.3) is 11.4 Å². The van der Waals surface area contributed by atoms with Crippen LogP contribution in [0.1, 0.15) is 66.6 Å². The van der Waals surface area contributed by atoms with Crippen molar-refractivity contribution in [1.29, 1.82) is 0 Å². The van der Waals surface area contributed by atoms with Gasteiger partial charge in [0.05, 0.1) is 0 Å². The summed E-state index contributed by atoms with van der Waals surface area (Å²) in [6.07, 6.45) is 6.95. The van der Waals surface area contributed by atoms with Crippen LogP contribution in [-0.4, -0.2) is 34.5 Å². The summed E-state index contributed by atoms with van der Waals surface area (Å²) in [5.41, 5.74) is 9.38. The molecule has 1 saturated heterocycles. The molecule has 3 heterocycles. The van der Waals surface area contributed by atoms with Gasteiger partial charge in [-0.25, -0.2) is 9.97 Å². The van der Waals surface area contributed by atoms with Gasteiger partial charge in [-0.15, -0.1) is 0 Å². The molecule has 0 amide bonds. The van der Waals surface area contributed by atoms with E-state index < -0.39 is 0 Å². The van der Waals surface area contributed by atoms with Crippen LogP contribution >= 0.6 is 0 Å². The van der Waals surface area contributed by atoms with E-state index in [-0.39, 0.29) is 0 Å². The Morgan fingerprint density at radius 3 is 2.21 bits per heavy atom. The van der Waals surface area contributed by atoms with E-state index in [0.717, 1.165) is 63.5 Å². The van der Waals surface area contributed by atoms with E-state index in [2.05, 4.69) is 73.0 Å². The maximum absolute atomic E-state index is 5.34. The number of hydrogen-bond acceptors (Lipinski definition) is 4. The molecule has 0 spiro atoms. The number of fused-ring (bicyclic) bond motifs is 1. The molecular weight excluding hydrogens is 416 g/mol. The van der Waals surface area contributed by atoms with Gasteiger partial charge in [0.2, 0.25) is 0 Å². The van der Waals surface area contributed by atoms with Crippen molar-refractivity contribution in [1.82, 2.24) is 14.9 Å². The van der Waals surface area contributed by atoms with Crippen molar-refractivity contribution in [3.8, 4) is 11.4 Å². The largest absolute Gasteiger partial charge is 0.356 e. The summed E-state index contributed by atoms with van der Waals surface area (Å²) in [6.45, 7) is 11.9. The predicted molar refractivity (Wildman–Crippen MR) is 141 cm³/mol. The zero-order valence-corrected chi connectivity index (χ0v) is 21.1. The smallest absolute Gasteiger partial charge is 0.162 e. The van der Waals surface area contributed by atoms with Crippen molar-refractivity contribution in [3.63, 3.8) is 0 Å². The molecule has 0 radical (unpaired) electrons. The van der Waals surface area contributed by atoms with Crippen molar-refractivity contribution in [2.24, 2.45) is 0 Å². The maximum Gasteiger partial charge on any atom is 0.162 e. The van der Waals surface area contributed by atoms with Gasteiger partial charge in [-0.05, 0) is 67.7 Å². The third kappa shape index (κ3) is 4.61. The Hall–Kier alpha value is -2.72. The monoisotopic (exact) mass is 454 g/mol. The Morgan fingerprint density at radius 2 is 1.50 bits per heavy atom. The number of benzene rings is 2. The second-order valence-electron chi connectivity index (χ2n) is 9.87. The zero-order chi connectivity index (χ0) is 23.5. The molecule has 178 valence electrons. The number of aromatic nitrogens is 2. The lowest BCUT2D eigenvalue weighted by molar-refractivity contribution is 0.244. The first kappa shape index (κ1) is 23.0. The van der Waals surface area contributed by atoms with E-state index >= 15 is 0 Å². The molecule has 0 aliphatic carbocycles. The van der Waals surface area contributed by atoms with Crippen LogP contribution in [-0.2, 0) is 32.4 Å². The lowest BCUT2D eigenvalue weighted by atomic mass is 9.96. The van der Waals surface area contributed by atoms with Gasteiger partial charge in [0.15, 0.2) is 5.82 Å². The quantitative estimate of drug-likeness (QED) is 0.449. The molecular formula is C30H38N4. The number of piperidine rings is 1. The summed E-state index contributed by atoms with van der Waals surface area (Å²) in [4.78, 5) is 15.6. The fourth-order valence-corrected chi connectivity index (χ4v) is 5.69. The second kappa shape index (κ2) is 10.3. The molecule has 1 aromatic heterocycles. The van der Waals surface area contributed by atoms with Crippen LogP contribution in [0, 0.1) is 6.92 Å². The Balaban J connectivity index is 1.55. The van der Waals surface area contributed by atoms with Crippen LogP contribution in [0.4, 0.5) is 5.82 Å². The highest BCUT2D eigenvalue weighted by Crippen LogP contribution is 2.33. The summed E-state index contributed by atoms with van der Waals surface area (Å²) >= 11 is 0. The van der Waals surface area contributed by atoms with Crippen molar-refractivity contribution in [2.45, 2.75) is 72.4 Å². The number of rotatable bonds is 6. The van der Waals surface area contributed by atoms with E-state index in [0.29, 0.717) is 0 Å². The van der Waals surface area contributed by atoms with E-state index in [1.165, 1.54) is 58.5 Å². The van der Waals surface area contributed by atoms with E-state index in [1.807, 2.05) is 0 Å². The maximum atomic E-state index is 5.34. The third-order valence-corrected chi connectivity index (χ3v) is 7.66. The van der Waals surface area contributed by atoms with Crippen molar-refractivity contribution >= 4 is 5.82 Å². The normalized spacial score (nSPS) is 16.5. The van der Waals surface area contributed by atoms with Gasteiger partial charge in [-0.2, -0.15) is 0 Å². The van der Waals surface area contributed by atoms with E-state index in [9.17, 15) is 0 Å². The van der Waals surface area contributed by atoms with E-state index in [1.54, 1.807) is 0 Å². The average molecular weight is 455 g/mol. The van der Waals surface area contributed by atoms with Gasteiger partial charge in [-0.3, -0.25) is 4.90 Å². The minimum absolute atomic E-state index is 0.917. The van der Waals surface area contributed by atoms with Crippen LogP contribution in [0.3, 0.4) is 0 Å². The second-order valence-corrected chi connectivity index (χ2v) is 9.87. The molecule has 2 aromatic carbocycles. The van der Waals surface area contributed by atoms with E-state index in [4.69, 9.17) is 9.97 Å². The van der Waals surface area contributed by atoms with Crippen LogP contribution in [0.5, 0.6) is 0 Å². The minimum Gasteiger partial charge on any atom is -0.356 e. The summed E-state index contributed by atoms with van der Waals surface area (Å²) in [5, 5.41) is 0. The third-order valence-electron chi connectivity index (χ3n) is 7.66. The van der Waals surface area contributed by atoms with Gasteiger partial charge >= 0.3 is 0 Å². The lowest BCUT2D eigenvalue weighted by Gasteiger charge is -2.33. The molecule has 5 rings (SSSR count). The van der Waals surface area contributed by atoms with Gasteiger partial charge in [-0.1, -0.05) is 56.3 Å². The van der Waals surface area contributed by atoms with Crippen LogP contribution in [0.2, 0.25) is 0 Å². The van der Waals surface area contributed by atoms with Crippen molar-refractivity contribution in [3.05, 3.63) is 76.0 Å². The minimum atomic E-state index is 0.917. The molecule has 0 N–H and O–H groups in total. The highest BCUT2D eigenvalue weighted by Gasteiger charge is 2.24. The summed E-state index contributed by atoms with van der Waals surface area (Å²) in [5.74, 6) is 2.09. The van der Waals surface area contributed by atoms with Gasteiger partial charge in [0.25, 0.3) is 0 Å². The van der Waals surface area contributed by atoms with Crippen LogP contribution in [0.15, 0.2) is 42.5 Å². The highest BCUT2D eigenvalue weighted by molar-refractivity contribution is 5.68. The molecule has 0 atom stereocenters. The highest BCUT2D eigenvalue weighted by atomic mass is 15.2. The Bertz CT molecular complexity index is 1120.